The minimum absolute atomic E-state index is 0.213. The van der Waals surface area contributed by atoms with Crippen LogP contribution < -0.4 is 4.74 Å². The van der Waals surface area contributed by atoms with Crippen molar-refractivity contribution in [2.75, 3.05) is 13.1 Å². The Morgan fingerprint density at radius 1 is 1.00 bits per heavy atom. The summed E-state index contributed by atoms with van der Waals surface area (Å²) in [6.07, 6.45) is 3.76. The summed E-state index contributed by atoms with van der Waals surface area (Å²) >= 11 is 0. The lowest BCUT2D eigenvalue weighted by Gasteiger charge is -2.34. The Balaban J connectivity index is 1.44. The van der Waals surface area contributed by atoms with Gasteiger partial charge in [-0.3, -0.25) is 0 Å². The molecule has 2 heterocycles. The van der Waals surface area contributed by atoms with E-state index in [0.29, 0.717) is 25.7 Å². The van der Waals surface area contributed by atoms with Crippen LogP contribution in [0.3, 0.4) is 0 Å². The van der Waals surface area contributed by atoms with Gasteiger partial charge in [0.15, 0.2) is 0 Å². The number of ether oxygens (including phenoxy) is 2. The number of likely N-dealkylation sites (tertiary alicyclic amines) is 1. The van der Waals surface area contributed by atoms with Gasteiger partial charge in [0.2, 0.25) is 0 Å². The molecule has 0 unspecified atom stereocenters. The SMILES string of the molecule is CC(C)(C)OC(=O)N1CCC(n2ccc3c(OCc4ccccc4)cccc32)CC1. The number of hydrogen-bond donors (Lipinski definition) is 0. The predicted octanol–water partition coefficient (Wildman–Crippen LogP) is 5.79. The van der Waals surface area contributed by atoms with Gasteiger partial charge in [0.25, 0.3) is 0 Å². The average molecular weight is 407 g/mol. The van der Waals surface area contributed by atoms with Crippen molar-refractivity contribution in [2.45, 2.75) is 51.9 Å². The highest BCUT2D eigenvalue weighted by Gasteiger charge is 2.28. The molecule has 30 heavy (non-hydrogen) atoms. The van der Waals surface area contributed by atoms with Gasteiger partial charge in [-0.25, -0.2) is 4.79 Å². The highest BCUT2D eigenvalue weighted by Crippen LogP contribution is 2.33. The molecule has 0 atom stereocenters. The second kappa shape index (κ2) is 8.42. The number of benzene rings is 2. The minimum Gasteiger partial charge on any atom is -0.488 e. The Morgan fingerprint density at radius 2 is 1.73 bits per heavy atom. The van der Waals surface area contributed by atoms with Gasteiger partial charge >= 0.3 is 6.09 Å². The fraction of sp³-hybridized carbons (Fsp3) is 0.400. The van der Waals surface area contributed by atoms with Crippen molar-refractivity contribution in [1.82, 2.24) is 9.47 Å². The van der Waals surface area contributed by atoms with E-state index < -0.39 is 5.60 Å². The van der Waals surface area contributed by atoms with Gasteiger partial charge in [-0.15, -0.1) is 0 Å². The van der Waals surface area contributed by atoms with Gasteiger partial charge in [-0.05, 0) is 57.4 Å². The van der Waals surface area contributed by atoms with Gasteiger partial charge in [0, 0.05) is 30.7 Å². The first-order chi connectivity index (χ1) is 14.4. The van der Waals surface area contributed by atoms with Gasteiger partial charge in [0.05, 0.1) is 5.52 Å². The number of carbonyl (C=O) groups is 1. The van der Waals surface area contributed by atoms with E-state index in [2.05, 4.69) is 41.1 Å². The van der Waals surface area contributed by atoms with E-state index in [1.165, 1.54) is 5.52 Å². The van der Waals surface area contributed by atoms with Crippen LogP contribution >= 0.6 is 0 Å². The number of piperidine rings is 1. The Bertz CT molecular complexity index is 996. The van der Waals surface area contributed by atoms with Crippen LogP contribution in [-0.4, -0.2) is 34.3 Å². The second-order valence-corrected chi connectivity index (χ2v) is 8.88. The van der Waals surface area contributed by atoms with Crippen molar-refractivity contribution < 1.29 is 14.3 Å². The van der Waals surface area contributed by atoms with E-state index in [1.54, 1.807) is 0 Å². The molecule has 5 heteroatoms. The summed E-state index contributed by atoms with van der Waals surface area (Å²) < 4.78 is 14.0. The van der Waals surface area contributed by atoms with Crippen LogP contribution in [0.1, 0.15) is 45.2 Å². The Hall–Kier alpha value is -2.95. The van der Waals surface area contributed by atoms with E-state index in [1.807, 2.05) is 49.9 Å². The Labute approximate surface area is 178 Å². The predicted molar refractivity (Wildman–Crippen MR) is 119 cm³/mol. The summed E-state index contributed by atoms with van der Waals surface area (Å²) in [4.78, 5) is 14.2. The molecule has 4 rings (SSSR count). The first kappa shape index (κ1) is 20.3. The quantitative estimate of drug-likeness (QED) is 0.551. The van der Waals surface area contributed by atoms with Gasteiger partial charge in [0.1, 0.15) is 18.0 Å². The normalized spacial score (nSPS) is 15.4. The maximum absolute atomic E-state index is 12.3. The topological polar surface area (TPSA) is 43.7 Å². The highest BCUT2D eigenvalue weighted by atomic mass is 16.6. The summed E-state index contributed by atoms with van der Waals surface area (Å²) in [5.74, 6) is 0.904. The molecule has 0 spiro atoms. The first-order valence-electron chi connectivity index (χ1n) is 10.6. The summed E-state index contributed by atoms with van der Waals surface area (Å²) in [6.45, 7) is 7.69. The summed E-state index contributed by atoms with van der Waals surface area (Å²) in [5.41, 5.74) is 1.88. The summed E-state index contributed by atoms with van der Waals surface area (Å²) in [7, 11) is 0. The number of carbonyl (C=O) groups excluding carboxylic acids is 1. The lowest BCUT2D eigenvalue weighted by atomic mass is 10.0. The van der Waals surface area contributed by atoms with E-state index in [-0.39, 0.29) is 6.09 Å². The van der Waals surface area contributed by atoms with Crippen LogP contribution in [0.4, 0.5) is 4.79 Å². The van der Waals surface area contributed by atoms with E-state index in [9.17, 15) is 4.79 Å². The van der Waals surface area contributed by atoms with E-state index in [4.69, 9.17) is 9.47 Å². The van der Waals surface area contributed by atoms with Crippen molar-refractivity contribution in [3.63, 3.8) is 0 Å². The van der Waals surface area contributed by atoms with Crippen LogP contribution in [0.25, 0.3) is 10.9 Å². The van der Waals surface area contributed by atoms with E-state index >= 15 is 0 Å². The van der Waals surface area contributed by atoms with Crippen molar-refractivity contribution >= 4 is 17.0 Å². The largest absolute Gasteiger partial charge is 0.488 e. The monoisotopic (exact) mass is 406 g/mol. The zero-order valence-electron chi connectivity index (χ0n) is 18.0. The molecule has 158 valence electrons. The van der Waals surface area contributed by atoms with Crippen LogP contribution in [-0.2, 0) is 11.3 Å². The smallest absolute Gasteiger partial charge is 0.410 e. The molecule has 1 aliphatic heterocycles. The average Bonchev–Trinajstić information content (AvgIpc) is 3.17. The summed E-state index contributed by atoms with van der Waals surface area (Å²) in [6, 6.07) is 18.9. The fourth-order valence-corrected chi connectivity index (χ4v) is 3.99. The van der Waals surface area contributed by atoms with Gasteiger partial charge in [-0.1, -0.05) is 36.4 Å². The molecule has 5 nitrogen and oxygen atoms in total. The summed E-state index contributed by atoms with van der Waals surface area (Å²) in [5, 5.41) is 1.13. The molecule has 1 aromatic heterocycles. The number of hydrogen-bond acceptors (Lipinski definition) is 3. The standard InChI is InChI=1S/C25H30N2O3/c1-25(2,3)30-24(28)26-15-12-20(13-16-26)27-17-14-21-22(27)10-7-11-23(21)29-18-19-8-5-4-6-9-19/h4-11,14,17,20H,12-13,15-16,18H2,1-3H3. The maximum atomic E-state index is 12.3. The molecule has 0 N–H and O–H groups in total. The molecule has 0 saturated carbocycles. The molecular weight excluding hydrogens is 376 g/mol. The molecule has 1 saturated heterocycles. The van der Waals surface area contributed by atoms with Gasteiger partial charge in [-0.2, -0.15) is 0 Å². The third kappa shape index (κ3) is 4.61. The first-order valence-corrected chi connectivity index (χ1v) is 10.6. The number of rotatable bonds is 4. The molecule has 2 aromatic carbocycles. The Morgan fingerprint density at radius 3 is 2.43 bits per heavy atom. The van der Waals surface area contributed by atoms with Gasteiger partial charge < -0.3 is 18.9 Å². The lowest BCUT2D eigenvalue weighted by Crippen LogP contribution is -2.42. The Kier molecular flexibility index (Phi) is 5.71. The number of aromatic nitrogens is 1. The third-order valence-corrected chi connectivity index (χ3v) is 5.47. The van der Waals surface area contributed by atoms with Crippen LogP contribution in [0.15, 0.2) is 60.8 Å². The molecule has 1 fully saturated rings. The second-order valence-electron chi connectivity index (χ2n) is 8.88. The van der Waals surface area contributed by atoms with Crippen molar-refractivity contribution in [1.29, 1.82) is 0 Å². The zero-order valence-corrected chi connectivity index (χ0v) is 18.0. The highest BCUT2D eigenvalue weighted by molar-refractivity contribution is 5.86. The maximum Gasteiger partial charge on any atom is 0.410 e. The van der Waals surface area contributed by atoms with Crippen LogP contribution in [0, 0.1) is 0 Å². The number of amides is 1. The van der Waals surface area contributed by atoms with Crippen molar-refractivity contribution in [3.8, 4) is 5.75 Å². The molecular formula is C25H30N2O3. The molecule has 0 bridgehead atoms. The van der Waals surface area contributed by atoms with E-state index in [0.717, 1.165) is 29.5 Å². The minimum atomic E-state index is -0.458. The number of fused-ring (bicyclic) bond motifs is 1. The van der Waals surface area contributed by atoms with Crippen molar-refractivity contribution in [3.05, 3.63) is 66.4 Å². The molecule has 3 aromatic rings. The zero-order chi connectivity index (χ0) is 21.1. The third-order valence-electron chi connectivity index (χ3n) is 5.47. The molecule has 1 aliphatic rings. The fourth-order valence-electron chi connectivity index (χ4n) is 3.99. The van der Waals surface area contributed by atoms with Crippen LogP contribution in [0.2, 0.25) is 0 Å². The molecule has 1 amide bonds. The molecule has 0 aliphatic carbocycles. The van der Waals surface area contributed by atoms with Crippen molar-refractivity contribution in [2.24, 2.45) is 0 Å². The molecule has 0 radical (unpaired) electrons. The number of nitrogens with zero attached hydrogens (tertiary/aromatic N) is 2. The lowest BCUT2D eigenvalue weighted by molar-refractivity contribution is 0.0190. The van der Waals surface area contributed by atoms with Crippen LogP contribution in [0.5, 0.6) is 5.75 Å².